The van der Waals surface area contributed by atoms with Gasteiger partial charge in [0, 0.05) is 13.2 Å². The second-order valence-corrected chi connectivity index (χ2v) is 5.15. The van der Waals surface area contributed by atoms with Gasteiger partial charge in [0.15, 0.2) is 0 Å². The second-order valence-electron chi connectivity index (χ2n) is 5.15. The largest absolute Gasteiger partial charge is 0.377 e. The smallest absolute Gasteiger partial charge is 0.0700 e. The molecule has 2 nitrogen and oxygen atoms in total. The van der Waals surface area contributed by atoms with Gasteiger partial charge in [-0.3, -0.25) is 0 Å². The minimum absolute atomic E-state index is 0.510. The van der Waals surface area contributed by atoms with E-state index in [4.69, 9.17) is 4.74 Å². The van der Waals surface area contributed by atoms with Crippen molar-refractivity contribution < 1.29 is 4.74 Å². The van der Waals surface area contributed by atoms with Gasteiger partial charge in [-0.2, -0.15) is 0 Å². The van der Waals surface area contributed by atoms with Crippen LogP contribution in [0.1, 0.15) is 51.4 Å². The van der Waals surface area contributed by atoms with E-state index in [0.717, 1.165) is 19.1 Å². The molecule has 0 aromatic carbocycles. The summed E-state index contributed by atoms with van der Waals surface area (Å²) in [4.78, 5) is 0. The fraction of sp³-hybridized carbons (Fsp3) is 1.00. The Bertz CT molecular complexity index is 158. The highest BCUT2D eigenvalue weighted by Crippen LogP contribution is 2.22. The average Bonchev–Trinajstić information content (AvgIpc) is 2.62. The van der Waals surface area contributed by atoms with Crippen molar-refractivity contribution >= 4 is 0 Å². The third kappa shape index (κ3) is 4.12. The van der Waals surface area contributed by atoms with E-state index in [1.54, 1.807) is 0 Å². The fourth-order valence-electron chi connectivity index (χ4n) is 2.82. The van der Waals surface area contributed by atoms with Crippen LogP contribution in [-0.4, -0.2) is 25.8 Å². The van der Waals surface area contributed by atoms with Gasteiger partial charge in [-0.05, 0) is 38.1 Å². The molecule has 1 heterocycles. The van der Waals surface area contributed by atoms with Gasteiger partial charge in [0.2, 0.25) is 0 Å². The van der Waals surface area contributed by atoms with Gasteiger partial charge < -0.3 is 10.1 Å². The number of hydrogen-bond donors (Lipinski definition) is 1. The van der Waals surface area contributed by atoms with Gasteiger partial charge in [-0.15, -0.1) is 0 Å². The zero-order chi connectivity index (χ0) is 10.3. The van der Waals surface area contributed by atoms with Crippen LogP contribution in [-0.2, 0) is 4.74 Å². The first-order valence-corrected chi connectivity index (χ1v) is 6.77. The Morgan fingerprint density at radius 2 is 1.67 bits per heavy atom. The van der Waals surface area contributed by atoms with Crippen LogP contribution in [0.15, 0.2) is 0 Å². The Kier molecular flexibility index (Phi) is 4.94. The highest BCUT2D eigenvalue weighted by atomic mass is 16.5. The molecule has 15 heavy (non-hydrogen) atoms. The van der Waals surface area contributed by atoms with Gasteiger partial charge in [-0.25, -0.2) is 0 Å². The first-order valence-electron chi connectivity index (χ1n) is 6.77. The number of ether oxygens (including phenoxy) is 1. The van der Waals surface area contributed by atoms with Crippen LogP contribution in [0.4, 0.5) is 0 Å². The third-order valence-electron chi connectivity index (χ3n) is 3.80. The number of hydrogen-bond acceptors (Lipinski definition) is 2. The molecule has 2 aliphatic rings. The van der Waals surface area contributed by atoms with Crippen LogP contribution in [0.25, 0.3) is 0 Å². The summed E-state index contributed by atoms with van der Waals surface area (Å²) in [5.41, 5.74) is 0. The highest BCUT2D eigenvalue weighted by Gasteiger charge is 2.16. The molecule has 0 amide bonds. The SMILES string of the molecule is C1CCCC(CNCC2CCCO2)CC1. The molecule has 1 unspecified atom stereocenters. The fourth-order valence-corrected chi connectivity index (χ4v) is 2.82. The lowest BCUT2D eigenvalue weighted by atomic mass is 10.0. The van der Waals surface area contributed by atoms with Crippen LogP contribution < -0.4 is 5.32 Å². The van der Waals surface area contributed by atoms with E-state index in [-0.39, 0.29) is 0 Å². The van der Waals surface area contributed by atoms with Crippen LogP contribution in [0.3, 0.4) is 0 Å². The maximum absolute atomic E-state index is 5.60. The molecule has 2 fully saturated rings. The van der Waals surface area contributed by atoms with Crippen LogP contribution in [0.5, 0.6) is 0 Å². The summed E-state index contributed by atoms with van der Waals surface area (Å²) in [7, 11) is 0. The average molecular weight is 211 g/mol. The normalized spacial score (nSPS) is 29.2. The molecule has 1 aliphatic heterocycles. The molecule has 1 saturated carbocycles. The van der Waals surface area contributed by atoms with E-state index >= 15 is 0 Å². The van der Waals surface area contributed by atoms with Crippen molar-refractivity contribution in [2.24, 2.45) is 5.92 Å². The van der Waals surface area contributed by atoms with Gasteiger partial charge in [0.1, 0.15) is 0 Å². The number of rotatable bonds is 4. The molecule has 1 atom stereocenters. The molecular weight excluding hydrogens is 186 g/mol. The van der Waals surface area contributed by atoms with Crippen molar-refractivity contribution in [3.05, 3.63) is 0 Å². The van der Waals surface area contributed by atoms with Crippen molar-refractivity contribution in [1.29, 1.82) is 0 Å². The van der Waals surface area contributed by atoms with Crippen LogP contribution in [0.2, 0.25) is 0 Å². The monoisotopic (exact) mass is 211 g/mol. The van der Waals surface area contributed by atoms with Crippen LogP contribution >= 0.6 is 0 Å². The quantitative estimate of drug-likeness (QED) is 0.722. The van der Waals surface area contributed by atoms with Gasteiger partial charge >= 0.3 is 0 Å². The number of nitrogens with one attached hydrogen (secondary N) is 1. The molecule has 1 N–H and O–H groups in total. The summed E-state index contributed by atoms with van der Waals surface area (Å²) in [5, 5.41) is 3.60. The Labute approximate surface area is 93.8 Å². The van der Waals surface area contributed by atoms with Crippen molar-refractivity contribution in [2.75, 3.05) is 19.7 Å². The molecule has 0 aromatic heterocycles. The summed E-state index contributed by atoms with van der Waals surface area (Å²) < 4.78 is 5.60. The Morgan fingerprint density at radius 3 is 2.33 bits per heavy atom. The molecule has 0 aromatic rings. The lowest BCUT2D eigenvalue weighted by Crippen LogP contribution is -2.30. The topological polar surface area (TPSA) is 21.3 Å². The Hall–Kier alpha value is -0.0800. The Morgan fingerprint density at radius 1 is 0.867 bits per heavy atom. The maximum Gasteiger partial charge on any atom is 0.0700 e. The molecule has 0 radical (unpaired) electrons. The molecule has 0 spiro atoms. The van der Waals surface area contributed by atoms with Crippen LogP contribution in [0, 0.1) is 5.92 Å². The minimum atomic E-state index is 0.510. The van der Waals surface area contributed by atoms with Gasteiger partial charge in [0.25, 0.3) is 0 Å². The van der Waals surface area contributed by atoms with Crippen molar-refractivity contribution in [3.63, 3.8) is 0 Å². The van der Waals surface area contributed by atoms with E-state index in [2.05, 4.69) is 5.32 Å². The predicted octanol–water partition coefficient (Wildman–Crippen LogP) is 2.73. The summed E-state index contributed by atoms with van der Waals surface area (Å²) in [6.07, 6.45) is 11.7. The van der Waals surface area contributed by atoms with Gasteiger partial charge in [-0.1, -0.05) is 25.7 Å². The molecule has 1 saturated heterocycles. The van der Waals surface area contributed by atoms with Crippen molar-refractivity contribution in [3.8, 4) is 0 Å². The second kappa shape index (κ2) is 6.49. The molecule has 2 rings (SSSR count). The first-order chi connectivity index (χ1) is 7.45. The summed E-state index contributed by atoms with van der Waals surface area (Å²) >= 11 is 0. The van der Waals surface area contributed by atoms with E-state index in [0.29, 0.717) is 6.10 Å². The molecular formula is C13H25NO. The summed E-state index contributed by atoms with van der Waals surface area (Å²) in [6, 6.07) is 0. The third-order valence-corrected chi connectivity index (χ3v) is 3.80. The van der Waals surface area contributed by atoms with E-state index in [9.17, 15) is 0 Å². The molecule has 88 valence electrons. The zero-order valence-electron chi connectivity index (χ0n) is 9.84. The Balaban J connectivity index is 1.55. The summed E-state index contributed by atoms with van der Waals surface area (Å²) in [6.45, 7) is 3.28. The maximum atomic E-state index is 5.60. The van der Waals surface area contributed by atoms with Crippen molar-refractivity contribution in [1.82, 2.24) is 5.32 Å². The van der Waals surface area contributed by atoms with Crippen molar-refractivity contribution in [2.45, 2.75) is 57.5 Å². The standard InChI is InChI=1S/C13H25NO/c1-2-4-7-12(6-3-1)10-14-11-13-8-5-9-15-13/h12-14H,1-11H2. The highest BCUT2D eigenvalue weighted by molar-refractivity contribution is 4.71. The molecule has 0 bridgehead atoms. The summed E-state index contributed by atoms with van der Waals surface area (Å²) in [5.74, 6) is 0.939. The predicted molar refractivity (Wildman–Crippen MR) is 63.0 cm³/mol. The van der Waals surface area contributed by atoms with E-state index < -0.39 is 0 Å². The van der Waals surface area contributed by atoms with E-state index in [1.807, 2.05) is 0 Å². The zero-order valence-corrected chi connectivity index (χ0v) is 9.84. The lowest BCUT2D eigenvalue weighted by molar-refractivity contribution is 0.109. The van der Waals surface area contributed by atoms with Gasteiger partial charge in [0.05, 0.1) is 6.10 Å². The molecule has 1 aliphatic carbocycles. The lowest BCUT2D eigenvalue weighted by Gasteiger charge is -2.16. The minimum Gasteiger partial charge on any atom is -0.377 e. The first kappa shape index (κ1) is 11.4. The molecule has 2 heteroatoms. The van der Waals surface area contributed by atoms with E-state index in [1.165, 1.54) is 57.9 Å².